The Balaban J connectivity index is 2.63. The average Bonchev–Trinajstić information content (AvgIpc) is 4.06. The maximum Gasteiger partial charge on any atom is 0.317 e. The summed E-state index contributed by atoms with van der Waals surface area (Å²) < 4.78 is 22.3. The molecule has 0 aromatic rings. The summed E-state index contributed by atoms with van der Waals surface area (Å²) in [6.07, 6.45) is 52.3. The largest absolute Gasteiger partial charge is 0.495 e. The fourth-order valence-corrected chi connectivity index (χ4v) is 10.7. The van der Waals surface area contributed by atoms with Crippen molar-refractivity contribution in [2.45, 2.75) is 265 Å². The molecular weight excluding hydrogens is 1090 g/mol. The van der Waals surface area contributed by atoms with E-state index in [9.17, 15) is 48.6 Å². The Morgan fingerprint density at radius 1 is 0.547 bits per heavy atom. The molecule has 7 atom stereocenters. The summed E-state index contributed by atoms with van der Waals surface area (Å²) in [5.41, 5.74) is 0. The van der Waals surface area contributed by atoms with Crippen LogP contribution in [0.25, 0.3) is 0 Å². The molecule has 0 radical (unpaired) electrons. The zero-order chi connectivity index (χ0) is 63.4. The van der Waals surface area contributed by atoms with Crippen LogP contribution in [0.1, 0.15) is 259 Å². The van der Waals surface area contributed by atoms with Gasteiger partial charge in [0.05, 0.1) is 36.9 Å². The summed E-state index contributed by atoms with van der Waals surface area (Å²) >= 11 is 0. The lowest BCUT2D eigenvalue weighted by atomic mass is 9.82. The maximum absolute atomic E-state index is 13.1. The molecule has 1 saturated heterocycles. The van der Waals surface area contributed by atoms with E-state index < -0.39 is 60.1 Å². The van der Waals surface area contributed by atoms with Crippen LogP contribution >= 0.6 is 0 Å². The molecule has 3 N–H and O–H groups in total. The first-order valence-electron chi connectivity index (χ1n) is 33.1. The lowest BCUT2D eigenvalue weighted by Gasteiger charge is -2.21. The van der Waals surface area contributed by atoms with E-state index in [1.165, 1.54) is 26.2 Å². The van der Waals surface area contributed by atoms with Crippen molar-refractivity contribution in [1.29, 1.82) is 0 Å². The Hall–Kier alpha value is -5.86. The van der Waals surface area contributed by atoms with Gasteiger partial charge in [-0.3, -0.25) is 38.4 Å². The van der Waals surface area contributed by atoms with Gasteiger partial charge < -0.3 is 34.3 Å². The van der Waals surface area contributed by atoms with Gasteiger partial charge in [-0.25, -0.2) is 0 Å². The van der Waals surface area contributed by atoms with Crippen molar-refractivity contribution >= 4 is 47.6 Å². The normalized spacial score (nSPS) is 15.9. The zero-order valence-electron chi connectivity index (χ0n) is 53.3. The first-order valence-corrected chi connectivity index (χ1v) is 33.1. The van der Waals surface area contributed by atoms with Crippen molar-refractivity contribution in [3.63, 3.8) is 0 Å². The molecule has 486 valence electrons. The van der Waals surface area contributed by atoms with Crippen LogP contribution in [0.2, 0.25) is 0 Å². The van der Waals surface area contributed by atoms with Crippen LogP contribution in [0.4, 0.5) is 0 Å². The van der Waals surface area contributed by atoms with Crippen LogP contribution in [0, 0.1) is 35.5 Å². The number of allylic oxidation sites excluding steroid dienone is 13. The van der Waals surface area contributed by atoms with E-state index in [-0.39, 0.29) is 74.4 Å². The Labute approximate surface area is 517 Å². The van der Waals surface area contributed by atoms with E-state index in [1.54, 1.807) is 12.2 Å². The molecule has 0 bridgehead atoms. The zero-order valence-corrected chi connectivity index (χ0v) is 53.3. The predicted octanol–water partition coefficient (Wildman–Crippen LogP) is 17.0. The molecule has 1 rings (SSSR count). The van der Waals surface area contributed by atoms with Crippen LogP contribution in [-0.4, -0.2) is 82.2 Å². The van der Waals surface area contributed by atoms with Gasteiger partial charge in [-0.05, 0) is 108 Å². The molecule has 1 fully saturated rings. The molecule has 0 aromatic carbocycles. The smallest absolute Gasteiger partial charge is 0.317 e. The van der Waals surface area contributed by atoms with Crippen LogP contribution in [0.3, 0.4) is 0 Å². The molecular formula is C71H112O15. The Morgan fingerprint density at radius 2 is 1.07 bits per heavy atom. The fourth-order valence-electron chi connectivity index (χ4n) is 10.7. The second kappa shape index (κ2) is 52.3. The second-order valence-corrected chi connectivity index (χ2v) is 23.4. The molecule has 15 nitrogen and oxygen atoms in total. The Morgan fingerprint density at radius 3 is 1.67 bits per heavy atom. The first kappa shape index (κ1) is 78.2. The highest BCUT2D eigenvalue weighted by atomic mass is 16.6. The molecule has 15 heteroatoms. The number of Topliss-reactive ketones (excluding diaryl/α,β-unsaturated/α-hetero) is 1. The quantitative estimate of drug-likeness (QED) is 0.00977. The number of rotatable bonds is 57. The summed E-state index contributed by atoms with van der Waals surface area (Å²) in [6, 6.07) is 0. The number of esters is 4. The number of hydrogen-bond acceptors (Lipinski definition) is 12. The minimum atomic E-state index is -1.12. The van der Waals surface area contributed by atoms with Gasteiger partial charge in [0.2, 0.25) is 0 Å². The van der Waals surface area contributed by atoms with Gasteiger partial charge >= 0.3 is 41.8 Å². The molecule has 86 heavy (non-hydrogen) atoms. The van der Waals surface area contributed by atoms with E-state index in [0.29, 0.717) is 31.4 Å². The van der Waals surface area contributed by atoms with Crippen molar-refractivity contribution in [3.05, 3.63) is 85.3 Å². The number of carboxylic acid groups (broad SMARTS) is 3. The topological polar surface area (TPSA) is 234 Å². The number of aliphatic carboxylic acids is 3. The molecule has 1 aliphatic rings. The van der Waals surface area contributed by atoms with E-state index in [1.807, 2.05) is 37.3 Å². The van der Waals surface area contributed by atoms with Gasteiger partial charge in [-0.1, -0.05) is 209 Å². The SMILES string of the molecule is C=C(CCCCCCC/C=C\C/C=C\C=C\C(CC)C(CC(=O)O)C(=O)O)OCC(COC(=O)CCCCCCC/C=C\C=C\C(CCCCC)C1CC(=O)OC1=O)OC(=O)CCCCCC/C=C/C(CCCCCCCC)C(CC(=O)O)C(C)=O. The summed E-state index contributed by atoms with van der Waals surface area (Å²) in [4.78, 5) is 96.6. The third-order valence-electron chi connectivity index (χ3n) is 15.9. The van der Waals surface area contributed by atoms with Gasteiger partial charge in [0.15, 0.2) is 6.10 Å². The summed E-state index contributed by atoms with van der Waals surface area (Å²) in [5, 5.41) is 28.0. The number of cyclic esters (lactones) is 2. The summed E-state index contributed by atoms with van der Waals surface area (Å²) in [5.74, 6) is -6.59. The minimum absolute atomic E-state index is 0.00800. The van der Waals surface area contributed by atoms with Crippen LogP contribution in [0.15, 0.2) is 85.3 Å². The Kier molecular flexibility index (Phi) is 47.5. The third-order valence-corrected chi connectivity index (χ3v) is 15.9. The van der Waals surface area contributed by atoms with E-state index >= 15 is 0 Å². The van der Waals surface area contributed by atoms with E-state index in [0.717, 1.165) is 154 Å². The lowest BCUT2D eigenvalue weighted by molar-refractivity contribution is -0.162. The van der Waals surface area contributed by atoms with Gasteiger partial charge in [0.25, 0.3) is 0 Å². The molecule has 0 spiro atoms. The molecule has 1 aliphatic heterocycles. The maximum atomic E-state index is 13.1. The molecule has 0 amide bonds. The van der Waals surface area contributed by atoms with Crippen molar-refractivity contribution in [3.8, 4) is 0 Å². The van der Waals surface area contributed by atoms with Crippen molar-refractivity contribution < 1.29 is 72.6 Å². The first-order chi connectivity index (χ1) is 41.5. The van der Waals surface area contributed by atoms with Crippen molar-refractivity contribution in [1.82, 2.24) is 0 Å². The van der Waals surface area contributed by atoms with Crippen molar-refractivity contribution in [2.75, 3.05) is 13.2 Å². The van der Waals surface area contributed by atoms with Crippen LogP contribution in [0.5, 0.6) is 0 Å². The number of carbonyl (C=O) groups is 8. The highest BCUT2D eigenvalue weighted by Crippen LogP contribution is 2.30. The number of ether oxygens (including phenoxy) is 4. The number of carboxylic acids is 3. The lowest BCUT2D eigenvalue weighted by Crippen LogP contribution is -2.29. The second-order valence-electron chi connectivity index (χ2n) is 23.4. The highest BCUT2D eigenvalue weighted by molar-refractivity contribution is 5.95. The van der Waals surface area contributed by atoms with Crippen LogP contribution < -0.4 is 0 Å². The van der Waals surface area contributed by atoms with Gasteiger partial charge in [-0.15, -0.1) is 0 Å². The van der Waals surface area contributed by atoms with E-state index in [2.05, 4.69) is 50.8 Å². The predicted molar refractivity (Wildman–Crippen MR) is 340 cm³/mol. The minimum Gasteiger partial charge on any atom is -0.495 e. The van der Waals surface area contributed by atoms with Gasteiger partial charge in [0.1, 0.15) is 19.0 Å². The van der Waals surface area contributed by atoms with Gasteiger partial charge in [0, 0.05) is 25.2 Å². The summed E-state index contributed by atoms with van der Waals surface area (Å²) in [6.45, 7) is 11.7. The number of unbranched alkanes of at least 4 members (excludes halogenated alkanes) is 21. The number of carbonyl (C=O) groups excluding carboxylic acids is 5. The monoisotopic (exact) mass is 1200 g/mol. The average molecular weight is 1210 g/mol. The summed E-state index contributed by atoms with van der Waals surface area (Å²) in [7, 11) is 0. The van der Waals surface area contributed by atoms with Crippen molar-refractivity contribution in [2.24, 2.45) is 35.5 Å². The molecule has 0 saturated carbocycles. The molecule has 0 aromatic heterocycles. The van der Waals surface area contributed by atoms with E-state index in [4.69, 9.17) is 24.1 Å². The molecule has 0 aliphatic carbocycles. The Bertz CT molecular complexity index is 2110. The standard InChI is InChI=1S/C71H112O15/c1-6-9-11-12-29-38-46-59(62(57(5)72)51-65(73)74)47-39-32-26-27-34-42-50-68(78)85-61(54-83-56(4)43-36-28-22-18-15-13-14-16-19-23-30-37-44-58(8-3)63(70(80)81)52-66(75)76)55-84-67(77)49-41-33-25-21-17-20-24-31-40-48-60(45-35-10-7-2)64-53-69(79)86-71(64)82/h14,16,23-24,30-31,37,39-40,44,47-48,58-64H,4,6-13,15,17-22,25-29,32-36,38,41-43,45-46,49-55H2,1-3,5H3,(H,73,74)(H,75,76)(H,80,81)/b16-14-,30-23-,31-24-,44-37+,47-39+,48-40+. The number of ketones is 1. The van der Waals surface area contributed by atoms with Gasteiger partial charge in [-0.2, -0.15) is 0 Å². The number of hydrogen-bond donors (Lipinski definition) is 3. The third kappa shape index (κ3) is 42.1. The molecule has 7 unspecified atom stereocenters. The highest BCUT2D eigenvalue weighted by Gasteiger charge is 2.38. The van der Waals surface area contributed by atoms with Crippen LogP contribution in [-0.2, 0) is 57.3 Å². The fraction of sp³-hybridized carbons (Fsp3) is 0.690. The molecule has 1 heterocycles.